The molecule has 3 rings (SSSR count). The molecule has 0 heterocycles. The van der Waals surface area contributed by atoms with Crippen LogP contribution in [-0.2, 0) is 4.79 Å². The van der Waals surface area contributed by atoms with E-state index < -0.39 is 12.1 Å². The summed E-state index contributed by atoms with van der Waals surface area (Å²) in [5, 5.41) is 18.6. The van der Waals surface area contributed by atoms with Gasteiger partial charge in [-0.15, -0.1) is 0 Å². The summed E-state index contributed by atoms with van der Waals surface area (Å²) in [6.45, 7) is 0. The molecule has 0 saturated carbocycles. The van der Waals surface area contributed by atoms with Gasteiger partial charge in [0.2, 0.25) is 0 Å². The van der Waals surface area contributed by atoms with Crippen LogP contribution in [0.5, 0.6) is 0 Å². The largest absolute Gasteiger partial charge is 0.479 e. The number of carboxylic acids is 1. The standard InChI is InChI=1S/C21H18O3/c22-20(21(23)24)18-13-11-17(12-14-18)19(15-7-3-1-4-8-15)16-9-5-2-6-10-16/h1-11,13-14,20,22H,12H2,(H,23,24). The summed E-state index contributed by atoms with van der Waals surface area (Å²) in [5.41, 5.74) is 4.85. The van der Waals surface area contributed by atoms with Gasteiger partial charge in [0.15, 0.2) is 6.10 Å². The second-order valence-corrected chi connectivity index (χ2v) is 5.61. The lowest BCUT2D eigenvalue weighted by molar-refractivity contribution is -0.144. The summed E-state index contributed by atoms with van der Waals surface area (Å²) in [5.74, 6) is -1.23. The molecule has 120 valence electrons. The van der Waals surface area contributed by atoms with Gasteiger partial charge >= 0.3 is 5.97 Å². The van der Waals surface area contributed by atoms with Crippen molar-refractivity contribution in [2.24, 2.45) is 0 Å². The van der Waals surface area contributed by atoms with Crippen LogP contribution in [0.15, 0.2) is 90.0 Å². The Morgan fingerprint density at radius 1 is 0.875 bits per heavy atom. The molecule has 1 unspecified atom stereocenters. The summed E-state index contributed by atoms with van der Waals surface area (Å²) >= 11 is 0. The first-order valence-electron chi connectivity index (χ1n) is 7.80. The molecule has 24 heavy (non-hydrogen) atoms. The predicted octanol–water partition coefficient (Wildman–Crippen LogP) is 3.82. The topological polar surface area (TPSA) is 57.5 Å². The SMILES string of the molecule is O=C(O)C(O)C1=CCC(=C(c2ccccc2)c2ccccc2)C=C1. The van der Waals surface area contributed by atoms with E-state index in [0.29, 0.717) is 12.0 Å². The van der Waals surface area contributed by atoms with Crippen molar-refractivity contribution < 1.29 is 15.0 Å². The minimum Gasteiger partial charge on any atom is -0.479 e. The first-order chi connectivity index (χ1) is 11.7. The van der Waals surface area contributed by atoms with E-state index >= 15 is 0 Å². The third-order valence-electron chi connectivity index (χ3n) is 4.03. The van der Waals surface area contributed by atoms with Crippen molar-refractivity contribution in [3.05, 3.63) is 101 Å². The van der Waals surface area contributed by atoms with E-state index in [2.05, 4.69) is 24.3 Å². The second-order valence-electron chi connectivity index (χ2n) is 5.61. The number of carboxylic acid groups (broad SMARTS) is 1. The third kappa shape index (κ3) is 3.36. The number of aliphatic hydroxyl groups excluding tert-OH is 1. The van der Waals surface area contributed by atoms with Crippen molar-refractivity contribution in [1.29, 1.82) is 0 Å². The Hall–Kier alpha value is -2.91. The van der Waals surface area contributed by atoms with Gasteiger partial charge in [0.1, 0.15) is 0 Å². The number of allylic oxidation sites excluding steroid dienone is 3. The molecular formula is C21H18O3. The molecule has 2 aromatic carbocycles. The van der Waals surface area contributed by atoms with E-state index in [0.717, 1.165) is 22.3 Å². The molecular weight excluding hydrogens is 300 g/mol. The van der Waals surface area contributed by atoms with Crippen LogP contribution in [0.4, 0.5) is 0 Å². The minimum absolute atomic E-state index is 0.423. The molecule has 0 aromatic heterocycles. The number of hydrogen-bond donors (Lipinski definition) is 2. The lowest BCUT2D eigenvalue weighted by Gasteiger charge is -2.17. The number of carbonyl (C=O) groups is 1. The van der Waals surface area contributed by atoms with Gasteiger partial charge in [0, 0.05) is 0 Å². The molecule has 2 N–H and O–H groups in total. The smallest absolute Gasteiger partial charge is 0.337 e. The summed E-state index contributed by atoms with van der Waals surface area (Å²) < 4.78 is 0. The van der Waals surface area contributed by atoms with Gasteiger partial charge in [-0.1, -0.05) is 78.9 Å². The number of aliphatic hydroxyl groups is 1. The van der Waals surface area contributed by atoms with Crippen molar-refractivity contribution in [1.82, 2.24) is 0 Å². The molecule has 0 radical (unpaired) electrons. The average molecular weight is 318 g/mol. The Morgan fingerprint density at radius 3 is 1.83 bits per heavy atom. The zero-order valence-corrected chi connectivity index (χ0v) is 13.1. The van der Waals surface area contributed by atoms with Crippen LogP contribution in [0.3, 0.4) is 0 Å². The molecule has 1 aliphatic carbocycles. The van der Waals surface area contributed by atoms with Crippen LogP contribution in [0.25, 0.3) is 5.57 Å². The predicted molar refractivity (Wildman–Crippen MR) is 94.4 cm³/mol. The van der Waals surface area contributed by atoms with Crippen molar-refractivity contribution >= 4 is 11.5 Å². The van der Waals surface area contributed by atoms with Gasteiger partial charge in [0.25, 0.3) is 0 Å². The minimum atomic E-state index is -1.47. The highest BCUT2D eigenvalue weighted by atomic mass is 16.4. The van der Waals surface area contributed by atoms with Gasteiger partial charge in [0.05, 0.1) is 0 Å². The van der Waals surface area contributed by atoms with E-state index in [1.54, 1.807) is 12.2 Å². The van der Waals surface area contributed by atoms with Gasteiger partial charge in [-0.2, -0.15) is 0 Å². The molecule has 0 aliphatic heterocycles. The first kappa shape index (κ1) is 16.0. The monoisotopic (exact) mass is 318 g/mol. The zero-order valence-electron chi connectivity index (χ0n) is 13.1. The summed E-state index contributed by atoms with van der Waals surface area (Å²) in [7, 11) is 0. The molecule has 2 aromatic rings. The molecule has 0 bridgehead atoms. The Balaban J connectivity index is 2.03. The van der Waals surface area contributed by atoms with E-state index in [1.165, 1.54) is 0 Å². The average Bonchev–Trinajstić information content (AvgIpc) is 2.64. The van der Waals surface area contributed by atoms with E-state index in [-0.39, 0.29) is 0 Å². The Kier molecular flexibility index (Phi) is 4.73. The lowest BCUT2D eigenvalue weighted by Crippen LogP contribution is -2.21. The van der Waals surface area contributed by atoms with Gasteiger partial charge in [-0.05, 0) is 34.3 Å². The number of aliphatic carboxylic acids is 1. The summed E-state index contributed by atoms with van der Waals surface area (Å²) in [4.78, 5) is 10.9. The molecule has 3 nitrogen and oxygen atoms in total. The van der Waals surface area contributed by atoms with Crippen LogP contribution >= 0.6 is 0 Å². The quantitative estimate of drug-likeness (QED) is 0.901. The Labute approximate surface area is 140 Å². The van der Waals surface area contributed by atoms with E-state index in [4.69, 9.17) is 5.11 Å². The third-order valence-corrected chi connectivity index (χ3v) is 4.03. The van der Waals surface area contributed by atoms with E-state index in [1.807, 2.05) is 42.5 Å². The van der Waals surface area contributed by atoms with Crippen molar-refractivity contribution in [2.75, 3.05) is 0 Å². The summed E-state index contributed by atoms with van der Waals surface area (Å²) in [6, 6.07) is 20.2. The second kappa shape index (κ2) is 7.11. The highest BCUT2D eigenvalue weighted by Crippen LogP contribution is 2.31. The molecule has 1 aliphatic rings. The highest BCUT2D eigenvalue weighted by molar-refractivity contribution is 5.84. The molecule has 0 amide bonds. The van der Waals surface area contributed by atoms with E-state index in [9.17, 15) is 9.90 Å². The van der Waals surface area contributed by atoms with Crippen molar-refractivity contribution in [3.63, 3.8) is 0 Å². The van der Waals surface area contributed by atoms with Gasteiger partial charge in [-0.3, -0.25) is 0 Å². The fourth-order valence-electron chi connectivity index (χ4n) is 2.84. The Morgan fingerprint density at radius 2 is 1.42 bits per heavy atom. The fourth-order valence-corrected chi connectivity index (χ4v) is 2.84. The summed E-state index contributed by atoms with van der Waals surface area (Å²) in [6.07, 6.45) is 4.47. The first-order valence-corrected chi connectivity index (χ1v) is 7.80. The van der Waals surface area contributed by atoms with Crippen LogP contribution in [-0.4, -0.2) is 22.3 Å². The van der Waals surface area contributed by atoms with Gasteiger partial charge < -0.3 is 10.2 Å². The number of rotatable bonds is 4. The van der Waals surface area contributed by atoms with Crippen LogP contribution in [0.2, 0.25) is 0 Å². The lowest BCUT2D eigenvalue weighted by atomic mass is 9.88. The molecule has 0 spiro atoms. The molecule has 1 atom stereocenters. The van der Waals surface area contributed by atoms with Gasteiger partial charge in [-0.25, -0.2) is 4.79 Å². The number of hydrogen-bond acceptors (Lipinski definition) is 2. The number of benzene rings is 2. The van der Waals surface area contributed by atoms with Crippen LogP contribution in [0, 0.1) is 0 Å². The van der Waals surface area contributed by atoms with Crippen LogP contribution in [0.1, 0.15) is 17.5 Å². The normalized spacial score (nSPS) is 14.9. The maximum absolute atomic E-state index is 10.9. The maximum atomic E-state index is 10.9. The van der Waals surface area contributed by atoms with Crippen molar-refractivity contribution in [3.8, 4) is 0 Å². The Bertz CT molecular complexity index is 773. The zero-order chi connectivity index (χ0) is 16.9. The van der Waals surface area contributed by atoms with Crippen LogP contribution < -0.4 is 0 Å². The maximum Gasteiger partial charge on any atom is 0.337 e. The molecule has 0 fully saturated rings. The molecule has 0 saturated heterocycles. The highest BCUT2D eigenvalue weighted by Gasteiger charge is 2.19. The van der Waals surface area contributed by atoms with Crippen molar-refractivity contribution in [2.45, 2.75) is 12.5 Å². The molecule has 3 heteroatoms. The fraction of sp³-hybridized carbons (Fsp3) is 0.0952.